The first-order valence-electron chi connectivity index (χ1n) is 8.45. The zero-order valence-corrected chi connectivity index (χ0v) is 15.4. The number of benzene rings is 1. The maximum absolute atomic E-state index is 12.9. The normalized spacial score (nSPS) is 11.3. The van der Waals surface area contributed by atoms with Gasteiger partial charge in [-0.2, -0.15) is 23.4 Å². The molecule has 0 aliphatic carbocycles. The molecule has 3 rings (SSSR count). The molecular formula is C18H16F3N5O3. The third-order valence-electron chi connectivity index (χ3n) is 3.90. The van der Waals surface area contributed by atoms with Crippen molar-refractivity contribution < 1.29 is 27.5 Å². The van der Waals surface area contributed by atoms with Gasteiger partial charge in [-0.1, -0.05) is 18.2 Å². The summed E-state index contributed by atoms with van der Waals surface area (Å²) in [5.74, 6) is -1.65. The van der Waals surface area contributed by atoms with Crippen LogP contribution in [0.2, 0.25) is 0 Å². The van der Waals surface area contributed by atoms with Crippen LogP contribution in [0, 0.1) is 0 Å². The Morgan fingerprint density at radius 2 is 1.90 bits per heavy atom. The van der Waals surface area contributed by atoms with E-state index in [4.69, 9.17) is 4.74 Å². The molecule has 1 amide bonds. The highest BCUT2D eigenvalue weighted by molar-refractivity contribution is 6.06. The standard InChI is InChI=1S/C18H16F3N5O3/c1-3-29-17(28)12-10-22-26(11-7-5-4-6-8-11)15(12)23-16(27)13-9-14(18(19,20)21)24-25(13)2/h4-10H,3H2,1-2H3,(H,23,27). The lowest BCUT2D eigenvalue weighted by molar-refractivity contribution is -0.141. The van der Waals surface area contributed by atoms with Gasteiger partial charge in [0, 0.05) is 13.1 Å². The minimum atomic E-state index is -4.70. The average molecular weight is 407 g/mol. The lowest BCUT2D eigenvalue weighted by Gasteiger charge is -2.11. The summed E-state index contributed by atoms with van der Waals surface area (Å²) in [6, 6.07) is 9.22. The lowest BCUT2D eigenvalue weighted by atomic mass is 10.2. The van der Waals surface area contributed by atoms with Crippen molar-refractivity contribution in [2.24, 2.45) is 7.05 Å². The van der Waals surface area contributed by atoms with Crippen molar-refractivity contribution >= 4 is 17.7 Å². The number of amides is 1. The fourth-order valence-electron chi connectivity index (χ4n) is 2.58. The Balaban J connectivity index is 2.01. The molecule has 11 heteroatoms. The number of rotatable bonds is 5. The van der Waals surface area contributed by atoms with Crippen LogP contribution in [0.15, 0.2) is 42.6 Å². The molecule has 2 heterocycles. The van der Waals surface area contributed by atoms with Gasteiger partial charge < -0.3 is 10.1 Å². The minimum Gasteiger partial charge on any atom is -0.462 e. The van der Waals surface area contributed by atoms with E-state index < -0.39 is 23.7 Å². The first-order chi connectivity index (χ1) is 13.7. The Morgan fingerprint density at radius 3 is 2.48 bits per heavy atom. The topological polar surface area (TPSA) is 91.0 Å². The highest BCUT2D eigenvalue weighted by Crippen LogP contribution is 2.29. The third kappa shape index (κ3) is 4.13. The Labute approximate surface area is 162 Å². The second-order valence-electron chi connectivity index (χ2n) is 5.86. The molecule has 152 valence electrons. The van der Waals surface area contributed by atoms with E-state index in [0.717, 1.165) is 4.68 Å². The number of aryl methyl sites for hydroxylation is 1. The molecule has 3 aromatic rings. The summed E-state index contributed by atoms with van der Waals surface area (Å²) in [4.78, 5) is 24.9. The second-order valence-corrected chi connectivity index (χ2v) is 5.86. The van der Waals surface area contributed by atoms with Crippen LogP contribution in [0.3, 0.4) is 0 Å². The summed E-state index contributed by atoms with van der Waals surface area (Å²) in [6.07, 6.45) is -3.48. The number of esters is 1. The van der Waals surface area contributed by atoms with Gasteiger partial charge in [0.1, 0.15) is 11.3 Å². The number of alkyl halides is 3. The van der Waals surface area contributed by atoms with E-state index in [1.807, 2.05) is 0 Å². The summed E-state index contributed by atoms with van der Waals surface area (Å²) >= 11 is 0. The van der Waals surface area contributed by atoms with Crippen molar-refractivity contribution in [1.29, 1.82) is 0 Å². The van der Waals surface area contributed by atoms with Crippen molar-refractivity contribution in [2.45, 2.75) is 13.1 Å². The van der Waals surface area contributed by atoms with Crippen LogP contribution >= 0.6 is 0 Å². The molecule has 0 saturated carbocycles. The molecule has 1 aromatic carbocycles. The first-order valence-corrected chi connectivity index (χ1v) is 8.45. The lowest BCUT2D eigenvalue weighted by Crippen LogP contribution is -2.20. The van der Waals surface area contributed by atoms with Gasteiger partial charge in [-0.25, -0.2) is 9.48 Å². The Hall–Kier alpha value is -3.63. The zero-order chi connectivity index (χ0) is 21.2. The van der Waals surface area contributed by atoms with Crippen LogP contribution < -0.4 is 5.32 Å². The number of hydrogen-bond donors (Lipinski definition) is 1. The van der Waals surface area contributed by atoms with E-state index in [0.29, 0.717) is 11.8 Å². The molecular weight excluding hydrogens is 391 g/mol. The third-order valence-corrected chi connectivity index (χ3v) is 3.90. The number of nitrogens with one attached hydrogen (secondary N) is 1. The SMILES string of the molecule is CCOC(=O)c1cnn(-c2ccccc2)c1NC(=O)c1cc(C(F)(F)F)nn1C. The van der Waals surface area contributed by atoms with E-state index in [1.165, 1.54) is 17.9 Å². The van der Waals surface area contributed by atoms with Crippen LogP contribution in [-0.4, -0.2) is 38.0 Å². The van der Waals surface area contributed by atoms with Gasteiger partial charge in [0.25, 0.3) is 5.91 Å². The number of para-hydroxylation sites is 1. The number of halogens is 3. The Kier molecular flexibility index (Phi) is 5.39. The Bertz CT molecular complexity index is 1040. The molecule has 0 atom stereocenters. The number of hydrogen-bond acceptors (Lipinski definition) is 5. The number of anilines is 1. The van der Waals surface area contributed by atoms with Gasteiger partial charge in [0.2, 0.25) is 0 Å². The average Bonchev–Trinajstić information content (AvgIpc) is 3.26. The van der Waals surface area contributed by atoms with E-state index >= 15 is 0 Å². The summed E-state index contributed by atoms with van der Waals surface area (Å²) in [5.41, 5.74) is -1.05. The predicted molar refractivity (Wildman–Crippen MR) is 95.7 cm³/mol. The monoisotopic (exact) mass is 407 g/mol. The summed E-state index contributed by atoms with van der Waals surface area (Å²) in [6.45, 7) is 1.71. The van der Waals surface area contributed by atoms with Crippen molar-refractivity contribution in [3.05, 3.63) is 59.5 Å². The van der Waals surface area contributed by atoms with Gasteiger partial charge in [0.05, 0.1) is 18.5 Å². The van der Waals surface area contributed by atoms with Gasteiger partial charge in [-0.05, 0) is 19.1 Å². The summed E-state index contributed by atoms with van der Waals surface area (Å²) < 4.78 is 45.7. The minimum absolute atomic E-state index is 0.0330. The van der Waals surface area contributed by atoms with Gasteiger partial charge in [-0.3, -0.25) is 9.48 Å². The Morgan fingerprint density at radius 1 is 1.21 bits per heavy atom. The van der Waals surface area contributed by atoms with Crippen LogP contribution in [0.5, 0.6) is 0 Å². The number of nitrogens with zero attached hydrogens (tertiary/aromatic N) is 4. The molecule has 29 heavy (non-hydrogen) atoms. The molecule has 2 aromatic heterocycles. The first kappa shape index (κ1) is 20.1. The molecule has 0 bridgehead atoms. The van der Waals surface area contributed by atoms with Crippen molar-refractivity contribution in [2.75, 3.05) is 11.9 Å². The molecule has 8 nitrogen and oxygen atoms in total. The zero-order valence-electron chi connectivity index (χ0n) is 15.4. The van der Waals surface area contributed by atoms with Crippen LogP contribution in [0.25, 0.3) is 5.69 Å². The molecule has 0 radical (unpaired) electrons. The smallest absolute Gasteiger partial charge is 0.435 e. The van der Waals surface area contributed by atoms with E-state index in [1.54, 1.807) is 37.3 Å². The van der Waals surface area contributed by atoms with Gasteiger partial charge >= 0.3 is 12.1 Å². The summed E-state index contributed by atoms with van der Waals surface area (Å²) in [7, 11) is 1.21. The van der Waals surface area contributed by atoms with E-state index in [2.05, 4.69) is 15.5 Å². The predicted octanol–water partition coefficient (Wildman–Crippen LogP) is 3.05. The summed E-state index contributed by atoms with van der Waals surface area (Å²) in [5, 5.41) is 9.87. The number of ether oxygens (including phenoxy) is 1. The van der Waals surface area contributed by atoms with Gasteiger partial charge in [0.15, 0.2) is 11.5 Å². The van der Waals surface area contributed by atoms with Crippen LogP contribution in [0.4, 0.5) is 19.0 Å². The molecule has 1 N–H and O–H groups in total. The fraction of sp³-hybridized carbons (Fsp3) is 0.222. The number of carbonyl (C=O) groups excluding carboxylic acids is 2. The van der Waals surface area contributed by atoms with Crippen molar-refractivity contribution in [3.8, 4) is 5.69 Å². The van der Waals surface area contributed by atoms with E-state index in [-0.39, 0.29) is 23.7 Å². The number of aromatic nitrogens is 4. The maximum atomic E-state index is 12.9. The largest absolute Gasteiger partial charge is 0.462 e. The van der Waals surface area contributed by atoms with Crippen LogP contribution in [0.1, 0.15) is 33.5 Å². The quantitative estimate of drug-likeness (QED) is 0.657. The highest BCUT2D eigenvalue weighted by atomic mass is 19.4. The van der Waals surface area contributed by atoms with Crippen molar-refractivity contribution in [3.63, 3.8) is 0 Å². The molecule has 0 saturated heterocycles. The van der Waals surface area contributed by atoms with Crippen molar-refractivity contribution in [1.82, 2.24) is 19.6 Å². The molecule has 0 aliphatic heterocycles. The molecule has 0 spiro atoms. The number of carbonyl (C=O) groups is 2. The molecule has 0 fully saturated rings. The van der Waals surface area contributed by atoms with Crippen LogP contribution in [-0.2, 0) is 18.0 Å². The highest BCUT2D eigenvalue weighted by Gasteiger charge is 2.35. The van der Waals surface area contributed by atoms with Gasteiger partial charge in [-0.15, -0.1) is 0 Å². The van der Waals surface area contributed by atoms with E-state index in [9.17, 15) is 22.8 Å². The second kappa shape index (κ2) is 7.78. The molecule has 0 unspecified atom stereocenters. The fourth-order valence-corrected chi connectivity index (χ4v) is 2.58. The maximum Gasteiger partial charge on any atom is 0.435 e. The molecule has 0 aliphatic rings.